The number of benzene rings is 3. The van der Waals surface area contributed by atoms with Crippen LogP contribution in [0.3, 0.4) is 0 Å². The summed E-state index contributed by atoms with van der Waals surface area (Å²) in [5.74, 6) is 0. The third-order valence-electron chi connectivity index (χ3n) is 5.15. The monoisotopic (exact) mass is 327 g/mol. The molecule has 3 aromatic carbocycles. The molecule has 0 heteroatoms. The first-order valence-corrected chi connectivity index (χ1v) is 9.32. The van der Waals surface area contributed by atoms with Crippen molar-refractivity contribution in [2.75, 3.05) is 0 Å². The molecule has 1 radical (unpaired) electrons. The molecule has 0 N–H and O–H groups in total. The van der Waals surface area contributed by atoms with Crippen LogP contribution in [0.2, 0.25) is 0 Å². The van der Waals surface area contributed by atoms with Gasteiger partial charge in [-0.3, -0.25) is 0 Å². The van der Waals surface area contributed by atoms with Gasteiger partial charge in [-0.1, -0.05) is 104 Å². The number of hydrogen-bond acceptors (Lipinski definition) is 0. The van der Waals surface area contributed by atoms with Crippen molar-refractivity contribution in [2.45, 2.75) is 44.9 Å². The van der Waals surface area contributed by atoms with Crippen LogP contribution in [0.4, 0.5) is 0 Å². The van der Waals surface area contributed by atoms with E-state index in [2.05, 4.69) is 86.6 Å². The van der Waals surface area contributed by atoms with Gasteiger partial charge in [0.15, 0.2) is 0 Å². The van der Waals surface area contributed by atoms with Crippen molar-refractivity contribution in [1.29, 1.82) is 0 Å². The Balaban J connectivity index is 2.16. The molecule has 0 aliphatic rings. The SMILES string of the molecule is CCCCC(Cc1cc[c]cc1)(c1ccccc1)c1cccc(C)c1. The zero-order chi connectivity index (χ0) is 17.5. The highest BCUT2D eigenvalue weighted by molar-refractivity contribution is 5.43. The summed E-state index contributed by atoms with van der Waals surface area (Å²) >= 11 is 0. The Morgan fingerprint density at radius 3 is 2.24 bits per heavy atom. The largest absolute Gasteiger partial charge is 0.0654 e. The summed E-state index contributed by atoms with van der Waals surface area (Å²) < 4.78 is 0. The maximum Gasteiger partial charge on any atom is 0.0243 e. The van der Waals surface area contributed by atoms with Crippen LogP contribution in [-0.2, 0) is 11.8 Å². The molecule has 0 aliphatic heterocycles. The van der Waals surface area contributed by atoms with Crippen LogP contribution in [0, 0.1) is 13.0 Å². The molecule has 1 atom stereocenters. The lowest BCUT2D eigenvalue weighted by Crippen LogP contribution is -2.31. The zero-order valence-electron chi connectivity index (χ0n) is 15.3. The molecule has 0 amide bonds. The predicted octanol–water partition coefficient (Wildman–Crippen LogP) is 6.51. The second kappa shape index (κ2) is 8.16. The lowest BCUT2D eigenvalue weighted by atomic mass is 9.67. The van der Waals surface area contributed by atoms with Crippen molar-refractivity contribution in [2.24, 2.45) is 0 Å². The third-order valence-corrected chi connectivity index (χ3v) is 5.15. The first-order valence-electron chi connectivity index (χ1n) is 9.32. The van der Waals surface area contributed by atoms with Crippen molar-refractivity contribution >= 4 is 0 Å². The van der Waals surface area contributed by atoms with Gasteiger partial charge in [-0.05, 0) is 42.5 Å². The Morgan fingerprint density at radius 2 is 1.56 bits per heavy atom. The molecule has 1 unspecified atom stereocenters. The summed E-state index contributed by atoms with van der Waals surface area (Å²) in [6.07, 6.45) is 4.62. The molecule has 0 spiro atoms. The maximum atomic E-state index is 3.15. The van der Waals surface area contributed by atoms with Gasteiger partial charge in [0.25, 0.3) is 0 Å². The molecule has 0 saturated heterocycles. The summed E-state index contributed by atoms with van der Waals surface area (Å²) in [4.78, 5) is 0. The Bertz CT molecular complexity index is 773. The standard InChI is InChI=1S/C25H27/c1-3-4-18-25(23-15-9-6-10-16-23,20-22-13-7-5-8-14-22)24-17-11-12-21(2)19-24/h6-17,19H,3-4,18,20H2,1-2H3. The van der Waals surface area contributed by atoms with Crippen molar-refractivity contribution < 1.29 is 0 Å². The van der Waals surface area contributed by atoms with Gasteiger partial charge in [0, 0.05) is 5.41 Å². The highest BCUT2D eigenvalue weighted by Gasteiger charge is 2.33. The maximum absolute atomic E-state index is 3.15. The summed E-state index contributed by atoms with van der Waals surface area (Å²) in [7, 11) is 0. The fraction of sp³-hybridized carbons (Fsp3) is 0.280. The molecule has 0 bridgehead atoms. The topological polar surface area (TPSA) is 0 Å². The Morgan fingerprint density at radius 1 is 0.840 bits per heavy atom. The molecule has 127 valence electrons. The summed E-state index contributed by atoms with van der Waals surface area (Å²) in [6.45, 7) is 4.47. The van der Waals surface area contributed by atoms with Gasteiger partial charge in [-0.15, -0.1) is 0 Å². The second-order valence-electron chi connectivity index (χ2n) is 7.01. The molecule has 3 rings (SSSR count). The normalized spacial score (nSPS) is 13.4. The van der Waals surface area contributed by atoms with E-state index in [1.54, 1.807) is 0 Å². The zero-order valence-corrected chi connectivity index (χ0v) is 15.3. The predicted molar refractivity (Wildman–Crippen MR) is 107 cm³/mol. The molecule has 3 aromatic rings. The molecule has 25 heavy (non-hydrogen) atoms. The van der Waals surface area contributed by atoms with E-state index in [0.29, 0.717) is 0 Å². The first kappa shape index (κ1) is 17.5. The van der Waals surface area contributed by atoms with E-state index in [1.807, 2.05) is 12.1 Å². The smallest absolute Gasteiger partial charge is 0.0243 e. The quantitative estimate of drug-likeness (QED) is 0.464. The molecule has 0 aliphatic carbocycles. The van der Waals surface area contributed by atoms with Crippen LogP contribution in [-0.4, -0.2) is 0 Å². The van der Waals surface area contributed by atoms with Crippen molar-refractivity contribution in [3.05, 3.63) is 107 Å². The van der Waals surface area contributed by atoms with Crippen molar-refractivity contribution in [3.8, 4) is 0 Å². The fourth-order valence-electron chi connectivity index (χ4n) is 3.81. The summed E-state index contributed by atoms with van der Waals surface area (Å²) in [5.41, 5.74) is 5.57. The summed E-state index contributed by atoms with van der Waals surface area (Å²) in [6, 6.07) is 31.8. The average Bonchev–Trinajstić information content (AvgIpc) is 2.67. The minimum atomic E-state index is 0.0185. The van der Waals surface area contributed by atoms with Crippen LogP contribution in [0.5, 0.6) is 0 Å². The van der Waals surface area contributed by atoms with Gasteiger partial charge in [0.2, 0.25) is 0 Å². The third kappa shape index (κ3) is 4.02. The van der Waals surface area contributed by atoms with Crippen molar-refractivity contribution in [1.82, 2.24) is 0 Å². The lowest BCUT2D eigenvalue weighted by Gasteiger charge is -2.36. The van der Waals surface area contributed by atoms with E-state index in [0.717, 1.165) is 12.8 Å². The van der Waals surface area contributed by atoms with Crippen LogP contribution in [0.1, 0.15) is 48.4 Å². The van der Waals surface area contributed by atoms with Crippen LogP contribution >= 0.6 is 0 Å². The minimum absolute atomic E-state index is 0.0185. The average molecular weight is 327 g/mol. The fourth-order valence-corrected chi connectivity index (χ4v) is 3.81. The van der Waals surface area contributed by atoms with Gasteiger partial charge in [0.05, 0.1) is 0 Å². The van der Waals surface area contributed by atoms with Crippen molar-refractivity contribution in [3.63, 3.8) is 0 Å². The van der Waals surface area contributed by atoms with E-state index in [-0.39, 0.29) is 5.41 Å². The van der Waals surface area contributed by atoms with Gasteiger partial charge in [-0.2, -0.15) is 0 Å². The lowest BCUT2D eigenvalue weighted by molar-refractivity contribution is 0.448. The molecule has 0 nitrogen and oxygen atoms in total. The van der Waals surface area contributed by atoms with E-state index in [4.69, 9.17) is 0 Å². The van der Waals surface area contributed by atoms with E-state index >= 15 is 0 Å². The highest BCUT2D eigenvalue weighted by atomic mass is 14.4. The van der Waals surface area contributed by atoms with Gasteiger partial charge < -0.3 is 0 Å². The van der Waals surface area contributed by atoms with Gasteiger partial charge >= 0.3 is 0 Å². The number of aryl methyl sites for hydroxylation is 1. The molecule has 0 saturated carbocycles. The molecule has 0 fully saturated rings. The van der Waals surface area contributed by atoms with Crippen LogP contribution < -0.4 is 0 Å². The Hall–Kier alpha value is -2.34. The highest BCUT2D eigenvalue weighted by Crippen LogP contribution is 2.40. The van der Waals surface area contributed by atoms with E-state index in [1.165, 1.54) is 35.1 Å². The van der Waals surface area contributed by atoms with Gasteiger partial charge in [-0.25, -0.2) is 0 Å². The number of unbranched alkanes of at least 4 members (excludes halogenated alkanes) is 1. The number of rotatable bonds is 7. The summed E-state index contributed by atoms with van der Waals surface area (Å²) in [5, 5.41) is 0. The van der Waals surface area contributed by atoms with Crippen LogP contribution in [0.25, 0.3) is 0 Å². The van der Waals surface area contributed by atoms with Gasteiger partial charge in [0.1, 0.15) is 0 Å². The minimum Gasteiger partial charge on any atom is -0.0654 e. The number of hydrogen-bond donors (Lipinski definition) is 0. The van der Waals surface area contributed by atoms with Crippen LogP contribution in [0.15, 0.2) is 78.9 Å². The molecular formula is C25H27. The van der Waals surface area contributed by atoms with E-state index in [9.17, 15) is 0 Å². The second-order valence-corrected chi connectivity index (χ2v) is 7.01. The first-order chi connectivity index (χ1) is 12.2. The molecule has 0 aromatic heterocycles. The molecule has 0 heterocycles. The molecular weight excluding hydrogens is 300 g/mol. The van der Waals surface area contributed by atoms with E-state index < -0.39 is 0 Å². The Labute approximate surface area is 152 Å². The Kier molecular flexibility index (Phi) is 5.71.